The number of anilines is 1. The number of non-ortho nitro benzene ring substituents is 1. The third kappa shape index (κ3) is 5.92. The van der Waals surface area contributed by atoms with E-state index in [-0.39, 0.29) is 35.6 Å². The van der Waals surface area contributed by atoms with Gasteiger partial charge in [-0.25, -0.2) is 0 Å². The number of nitrogens with one attached hydrogen (secondary N) is 2. The Kier molecular flexibility index (Phi) is 7.54. The number of amides is 1. The van der Waals surface area contributed by atoms with E-state index >= 15 is 0 Å². The number of benzene rings is 1. The molecule has 2 rings (SSSR count). The van der Waals surface area contributed by atoms with E-state index in [9.17, 15) is 19.7 Å². The van der Waals surface area contributed by atoms with Crippen LogP contribution in [-0.2, 0) is 14.3 Å². The van der Waals surface area contributed by atoms with Crippen molar-refractivity contribution in [3.05, 3.63) is 28.3 Å². The third-order valence-corrected chi connectivity index (χ3v) is 4.61. The quantitative estimate of drug-likeness (QED) is 0.392. The minimum absolute atomic E-state index is 0.117. The number of nitrogens with zero attached hydrogens (tertiary/aromatic N) is 1. The summed E-state index contributed by atoms with van der Waals surface area (Å²) >= 11 is 0. The van der Waals surface area contributed by atoms with Crippen LogP contribution in [0.5, 0.6) is 5.75 Å². The van der Waals surface area contributed by atoms with Gasteiger partial charge in [0.1, 0.15) is 11.7 Å². The van der Waals surface area contributed by atoms with Gasteiger partial charge in [0.05, 0.1) is 50.4 Å². The normalized spacial score (nSPS) is 19.2. The number of likely N-dealkylation sites (tertiary alicyclic amines) is 1. The van der Waals surface area contributed by atoms with Crippen molar-refractivity contribution < 1.29 is 28.9 Å². The van der Waals surface area contributed by atoms with Gasteiger partial charge >= 0.3 is 5.97 Å². The van der Waals surface area contributed by atoms with Crippen LogP contribution in [0, 0.1) is 16.0 Å². The molecule has 0 aliphatic carbocycles. The Balaban J connectivity index is 1.90. The molecule has 1 aromatic rings. The largest absolute Gasteiger partial charge is 0.495 e. The number of carbonyl (C=O) groups excluding carboxylic acids is 2. The lowest BCUT2D eigenvalue weighted by Gasteiger charge is -2.28. The molecule has 1 aliphatic rings. The number of ether oxygens (including phenoxy) is 2. The van der Waals surface area contributed by atoms with Crippen LogP contribution in [0.3, 0.4) is 0 Å². The molecular formula is C18H26N3O6+. The van der Waals surface area contributed by atoms with Crippen LogP contribution >= 0.6 is 0 Å². The highest BCUT2D eigenvalue weighted by atomic mass is 16.6. The minimum Gasteiger partial charge on any atom is -0.495 e. The van der Waals surface area contributed by atoms with E-state index in [2.05, 4.69) is 5.32 Å². The Morgan fingerprint density at radius 2 is 2.19 bits per heavy atom. The summed E-state index contributed by atoms with van der Waals surface area (Å²) < 4.78 is 10.2. The summed E-state index contributed by atoms with van der Waals surface area (Å²) in [6, 6.07) is 4.05. The lowest BCUT2D eigenvalue weighted by atomic mass is 9.98. The molecule has 0 radical (unpaired) electrons. The Labute approximate surface area is 157 Å². The summed E-state index contributed by atoms with van der Waals surface area (Å²) in [5.74, 6) is -0.171. The van der Waals surface area contributed by atoms with E-state index < -0.39 is 4.92 Å². The lowest BCUT2D eigenvalue weighted by molar-refractivity contribution is -0.906. The van der Waals surface area contributed by atoms with Gasteiger partial charge in [0.2, 0.25) is 5.91 Å². The van der Waals surface area contributed by atoms with E-state index in [1.807, 2.05) is 0 Å². The van der Waals surface area contributed by atoms with Crippen molar-refractivity contribution >= 4 is 23.3 Å². The first-order chi connectivity index (χ1) is 12.9. The summed E-state index contributed by atoms with van der Waals surface area (Å²) in [4.78, 5) is 35.7. The number of hydrogen-bond acceptors (Lipinski definition) is 6. The highest BCUT2D eigenvalue weighted by Crippen LogP contribution is 2.28. The number of carbonyl (C=O) groups is 2. The van der Waals surface area contributed by atoms with Gasteiger partial charge in [0, 0.05) is 12.1 Å². The van der Waals surface area contributed by atoms with Crippen molar-refractivity contribution in [3.63, 3.8) is 0 Å². The van der Waals surface area contributed by atoms with Crippen molar-refractivity contribution in [1.82, 2.24) is 0 Å². The van der Waals surface area contributed by atoms with Crippen LogP contribution in [0.2, 0.25) is 0 Å². The van der Waals surface area contributed by atoms with Gasteiger partial charge in [-0.15, -0.1) is 0 Å². The zero-order chi connectivity index (χ0) is 19.8. The summed E-state index contributed by atoms with van der Waals surface area (Å²) in [5, 5.41) is 13.6. The van der Waals surface area contributed by atoms with Crippen molar-refractivity contribution in [2.75, 3.05) is 38.7 Å². The third-order valence-electron chi connectivity index (χ3n) is 4.61. The first-order valence-corrected chi connectivity index (χ1v) is 9.07. The number of esters is 1. The molecule has 27 heavy (non-hydrogen) atoms. The smallest absolute Gasteiger partial charge is 0.314 e. The van der Waals surface area contributed by atoms with Gasteiger partial charge in [-0.3, -0.25) is 19.7 Å². The first kappa shape index (κ1) is 20.6. The van der Waals surface area contributed by atoms with E-state index in [0.29, 0.717) is 25.4 Å². The maximum absolute atomic E-state index is 12.3. The van der Waals surface area contributed by atoms with Crippen molar-refractivity contribution in [2.24, 2.45) is 5.92 Å². The molecule has 2 N–H and O–H groups in total. The second-order valence-corrected chi connectivity index (χ2v) is 6.49. The average molecular weight is 380 g/mol. The van der Waals surface area contributed by atoms with Gasteiger partial charge in [-0.2, -0.15) is 0 Å². The number of nitro benzene ring substituents is 1. The fraction of sp³-hybridized carbons (Fsp3) is 0.556. The molecule has 9 nitrogen and oxygen atoms in total. The lowest BCUT2D eigenvalue weighted by Crippen LogP contribution is -3.13. The predicted octanol–water partition coefficient (Wildman–Crippen LogP) is 0.790. The fourth-order valence-corrected chi connectivity index (χ4v) is 3.25. The molecule has 1 saturated heterocycles. The zero-order valence-electron chi connectivity index (χ0n) is 15.7. The second-order valence-electron chi connectivity index (χ2n) is 6.49. The van der Waals surface area contributed by atoms with E-state index in [4.69, 9.17) is 9.47 Å². The van der Waals surface area contributed by atoms with Gasteiger partial charge in [0.25, 0.3) is 5.69 Å². The molecule has 1 aliphatic heterocycles. The maximum atomic E-state index is 12.3. The molecule has 0 spiro atoms. The number of rotatable bonds is 8. The molecule has 1 amide bonds. The molecule has 1 fully saturated rings. The number of quaternary nitrogens is 1. The molecule has 148 valence electrons. The van der Waals surface area contributed by atoms with Crippen LogP contribution in [0.15, 0.2) is 18.2 Å². The van der Waals surface area contributed by atoms with Crippen LogP contribution in [0.1, 0.15) is 26.2 Å². The first-order valence-electron chi connectivity index (χ1n) is 9.07. The predicted molar refractivity (Wildman–Crippen MR) is 97.8 cm³/mol. The number of hydrogen-bond donors (Lipinski definition) is 2. The molecule has 1 aromatic carbocycles. The topological polar surface area (TPSA) is 112 Å². The SMILES string of the molecule is CCOC(=O)[C@@H]1CCC[NH+](CCC(=O)Nc2cc([N+](=O)[O-])ccc2OC)C1. The molecule has 2 atom stereocenters. The van der Waals surface area contributed by atoms with Crippen LogP contribution in [0.4, 0.5) is 11.4 Å². The van der Waals surface area contributed by atoms with Crippen LogP contribution < -0.4 is 15.0 Å². The van der Waals surface area contributed by atoms with Crippen LogP contribution in [-0.4, -0.2) is 50.2 Å². The monoisotopic (exact) mass is 380 g/mol. The maximum Gasteiger partial charge on any atom is 0.314 e. The van der Waals surface area contributed by atoms with E-state index in [0.717, 1.165) is 19.4 Å². The molecule has 0 aromatic heterocycles. The molecule has 0 bridgehead atoms. The van der Waals surface area contributed by atoms with E-state index in [1.54, 1.807) is 6.92 Å². The highest BCUT2D eigenvalue weighted by Gasteiger charge is 2.29. The highest BCUT2D eigenvalue weighted by molar-refractivity contribution is 5.92. The molecule has 9 heteroatoms. The fourth-order valence-electron chi connectivity index (χ4n) is 3.25. The van der Waals surface area contributed by atoms with Gasteiger partial charge < -0.3 is 19.7 Å². The number of nitro groups is 1. The van der Waals surface area contributed by atoms with Gasteiger partial charge in [0.15, 0.2) is 0 Å². The number of piperidine rings is 1. The summed E-state index contributed by atoms with van der Waals surface area (Å²) in [6.45, 7) is 4.31. The Morgan fingerprint density at radius 3 is 2.85 bits per heavy atom. The Bertz CT molecular complexity index is 694. The molecule has 1 unspecified atom stereocenters. The minimum atomic E-state index is -0.525. The van der Waals surface area contributed by atoms with Gasteiger partial charge in [-0.1, -0.05) is 0 Å². The van der Waals surface area contributed by atoms with Crippen molar-refractivity contribution in [3.8, 4) is 5.75 Å². The van der Waals surface area contributed by atoms with Crippen molar-refractivity contribution in [2.45, 2.75) is 26.2 Å². The molecule has 0 saturated carbocycles. The molecular weight excluding hydrogens is 354 g/mol. The Morgan fingerprint density at radius 1 is 1.41 bits per heavy atom. The Hall–Kier alpha value is -2.68. The summed E-state index contributed by atoms with van der Waals surface area (Å²) in [5.41, 5.74) is 0.153. The second kappa shape index (κ2) is 9.86. The zero-order valence-corrected chi connectivity index (χ0v) is 15.7. The number of methoxy groups -OCH3 is 1. The summed E-state index contributed by atoms with van der Waals surface area (Å²) in [7, 11) is 1.43. The average Bonchev–Trinajstić information content (AvgIpc) is 2.66. The van der Waals surface area contributed by atoms with Gasteiger partial charge in [-0.05, 0) is 25.8 Å². The van der Waals surface area contributed by atoms with Crippen LogP contribution in [0.25, 0.3) is 0 Å². The standard InChI is InChI=1S/C18H25N3O6/c1-3-27-18(23)13-5-4-9-20(12-13)10-8-17(22)19-15-11-14(21(24)25)6-7-16(15)26-2/h6-7,11,13H,3-5,8-10,12H2,1-2H3,(H,19,22)/p+1/t13-/m1/s1. The van der Waals surface area contributed by atoms with Crippen molar-refractivity contribution in [1.29, 1.82) is 0 Å². The van der Waals surface area contributed by atoms with E-state index in [1.165, 1.54) is 30.2 Å². The molecule has 1 heterocycles. The summed E-state index contributed by atoms with van der Waals surface area (Å²) in [6.07, 6.45) is 1.98.